The molecule has 0 spiro atoms. The normalized spacial score (nSPS) is 17.2. The van der Waals surface area contributed by atoms with Gasteiger partial charge in [-0.25, -0.2) is 0 Å². The van der Waals surface area contributed by atoms with Crippen molar-refractivity contribution < 1.29 is 4.79 Å². The van der Waals surface area contributed by atoms with Gasteiger partial charge in [-0.2, -0.15) is 0 Å². The minimum atomic E-state index is -0.000926. The molecular weight excluding hydrogens is 256 g/mol. The number of benzene rings is 1. The molecule has 0 aromatic heterocycles. The number of nitrogens with zero attached hydrogens (tertiary/aromatic N) is 2. The molecule has 1 aliphatic heterocycles. The fourth-order valence-electron chi connectivity index (χ4n) is 1.86. The zero-order valence-electron chi connectivity index (χ0n) is 9.69. The number of piperazine rings is 1. The third kappa shape index (κ3) is 2.94. The Balaban J connectivity index is 2.16. The molecule has 0 bridgehead atoms. The van der Waals surface area contributed by atoms with Crippen LogP contribution in [0.3, 0.4) is 0 Å². The molecule has 1 aromatic rings. The van der Waals surface area contributed by atoms with Crippen molar-refractivity contribution in [3.8, 4) is 0 Å². The molecule has 1 aromatic carbocycles. The molecule has 1 amide bonds. The van der Waals surface area contributed by atoms with Crippen LogP contribution in [0.2, 0.25) is 5.02 Å². The molecule has 0 unspecified atom stereocenters. The Hall–Kier alpha value is -0.710. The zero-order valence-corrected chi connectivity index (χ0v) is 11.3. The molecule has 1 heterocycles. The first-order chi connectivity index (χ1) is 8.08. The van der Waals surface area contributed by atoms with Gasteiger partial charge in [0.1, 0.15) is 0 Å². The predicted octanol–water partition coefficient (Wildman–Crippen LogP) is 2.02. The summed E-state index contributed by atoms with van der Waals surface area (Å²) in [6.45, 7) is 3.32. The lowest BCUT2D eigenvalue weighted by atomic mass is 10.2. The average molecular weight is 271 g/mol. The Morgan fingerprint density at radius 3 is 2.59 bits per heavy atom. The van der Waals surface area contributed by atoms with Crippen LogP contribution in [0.15, 0.2) is 23.1 Å². The van der Waals surface area contributed by atoms with Crippen molar-refractivity contribution in [1.29, 1.82) is 0 Å². The third-order valence-electron chi connectivity index (χ3n) is 2.97. The van der Waals surface area contributed by atoms with E-state index in [9.17, 15) is 4.79 Å². The van der Waals surface area contributed by atoms with Gasteiger partial charge in [-0.1, -0.05) is 11.6 Å². The molecule has 92 valence electrons. The molecule has 1 fully saturated rings. The van der Waals surface area contributed by atoms with Gasteiger partial charge in [-0.05, 0) is 25.2 Å². The lowest BCUT2D eigenvalue weighted by molar-refractivity contribution is 0.0664. The van der Waals surface area contributed by atoms with Crippen molar-refractivity contribution in [2.45, 2.75) is 4.90 Å². The predicted molar refractivity (Wildman–Crippen MR) is 72.1 cm³/mol. The van der Waals surface area contributed by atoms with E-state index in [0.29, 0.717) is 10.6 Å². The first-order valence-electron chi connectivity index (χ1n) is 5.54. The first kappa shape index (κ1) is 12.7. The summed E-state index contributed by atoms with van der Waals surface area (Å²) >= 11 is 10.3. The number of hydrogen-bond donors (Lipinski definition) is 1. The van der Waals surface area contributed by atoms with Crippen LogP contribution < -0.4 is 0 Å². The summed E-state index contributed by atoms with van der Waals surface area (Å²) < 4.78 is 0. The van der Waals surface area contributed by atoms with Crippen molar-refractivity contribution in [1.82, 2.24) is 9.80 Å². The molecule has 0 atom stereocenters. The fraction of sp³-hybridized carbons (Fsp3) is 0.417. The second-order valence-corrected chi connectivity index (χ2v) is 5.18. The number of amides is 1. The Labute approximate surface area is 112 Å². The maximum Gasteiger partial charge on any atom is 0.255 e. The largest absolute Gasteiger partial charge is 0.336 e. The van der Waals surface area contributed by atoms with E-state index in [-0.39, 0.29) is 5.91 Å². The fourth-order valence-corrected chi connectivity index (χ4v) is 2.26. The molecule has 0 saturated carbocycles. The molecule has 0 aliphatic carbocycles. The van der Waals surface area contributed by atoms with Gasteiger partial charge < -0.3 is 9.80 Å². The molecule has 3 nitrogen and oxygen atoms in total. The van der Waals surface area contributed by atoms with Crippen LogP contribution in [0.5, 0.6) is 0 Å². The lowest BCUT2D eigenvalue weighted by Crippen LogP contribution is -2.47. The third-order valence-corrected chi connectivity index (χ3v) is 3.58. The Morgan fingerprint density at radius 1 is 1.29 bits per heavy atom. The number of carbonyl (C=O) groups excluding carboxylic acids is 1. The van der Waals surface area contributed by atoms with Gasteiger partial charge in [0.05, 0.1) is 10.6 Å². The number of likely N-dealkylation sites (N-methyl/N-ethyl adjacent to an activating group) is 1. The van der Waals surface area contributed by atoms with E-state index in [1.807, 2.05) is 4.90 Å². The van der Waals surface area contributed by atoms with Crippen LogP contribution >= 0.6 is 24.2 Å². The van der Waals surface area contributed by atoms with Gasteiger partial charge >= 0.3 is 0 Å². The quantitative estimate of drug-likeness (QED) is 0.790. The van der Waals surface area contributed by atoms with E-state index in [1.54, 1.807) is 18.2 Å². The standard InChI is InChI=1S/C12H15ClN2OS/c1-14-4-6-15(7-5-14)12(16)10-8-9(17)2-3-11(10)13/h2-3,8,17H,4-7H2,1H3. The first-order valence-corrected chi connectivity index (χ1v) is 6.37. The van der Waals surface area contributed by atoms with Crippen LogP contribution in [0, 0.1) is 0 Å². The summed E-state index contributed by atoms with van der Waals surface area (Å²) in [5, 5.41) is 0.492. The molecule has 1 saturated heterocycles. The molecule has 0 radical (unpaired) electrons. The van der Waals surface area contributed by atoms with E-state index in [4.69, 9.17) is 11.6 Å². The Bertz CT molecular complexity index is 431. The summed E-state index contributed by atoms with van der Waals surface area (Å²) in [4.78, 5) is 17.1. The molecule has 17 heavy (non-hydrogen) atoms. The number of halogens is 1. The van der Waals surface area contributed by atoms with E-state index in [2.05, 4.69) is 24.6 Å². The van der Waals surface area contributed by atoms with Gasteiger partial charge in [0, 0.05) is 31.1 Å². The zero-order chi connectivity index (χ0) is 12.4. The van der Waals surface area contributed by atoms with E-state index >= 15 is 0 Å². The monoisotopic (exact) mass is 270 g/mol. The van der Waals surface area contributed by atoms with Gasteiger partial charge in [-0.3, -0.25) is 4.79 Å². The SMILES string of the molecule is CN1CCN(C(=O)c2cc(S)ccc2Cl)CC1. The van der Waals surface area contributed by atoms with Crippen LogP contribution in [0.25, 0.3) is 0 Å². The highest BCUT2D eigenvalue weighted by Crippen LogP contribution is 2.21. The van der Waals surface area contributed by atoms with E-state index in [0.717, 1.165) is 31.1 Å². The smallest absolute Gasteiger partial charge is 0.255 e. The minimum absolute atomic E-state index is 0.000926. The highest BCUT2D eigenvalue weighted by atomic mass is 35.5. The van der Waals surface area contributed by atoms with Gasteiger partial charge in [-0.15, -0.1) is 12.6 Å². The van der Waals surface area contributed by atoms with Crippen molar-refractivity contribution in [2.75, 3.05) is 33.2 Å². The average Bonchev–Trinajstić information content (AvgIpc) is 2.32. The second-order valence-electron chi connectivity index (χ2n) is 4.26. The van der Waals surface area contributed by atoms with Crippen molar-refractivity contribution in [3.63, 3.8) is 0 Å². The van der Waals surface area contributed by atoms with Crippen molar-refractivity contribution >= 4 is 30.1 Å². The van der Waals surface area contributed by atoms with Crippen LogP contribution in [0.4, 0.5) is 0 Å². The van der Waals surface area contributed by atoms with Gasteiger partial charge in [0.15, 0.2) is 0 Å². The maximum atomic E-state index is 12.3. The minimum Gasteiger partial charge on any atom is -0.336 e. The number of carbonyl (C=O) groups is 1. The molecule has 1 aliphatic rings. The van der Waals surface area contributed by atoms with Crippen LogP contribution in [-0.4, -0.2) is 48.9 Å². The van der Waals surface area contributed by atoms with E-state index < -0.39 is 0 Å². The van der Waals surface area contributed by atoms with Crippen molar-refractivity contribution in [2.24, 2.45) is 0 Å². The van der Waals surface area contributed by atoms with Crippen LogP contribution in [0.1, 0.15) is 10.4 Å². The van der Waals surface area contributed by atoms with Gasteiger partial charge in [0.2, 0.25) is 0 Å². The summed E-state index contributed by atoms with van der Waals surface area (Å²) in [5.74, 6) is -0.000926. The molecule has 5 heteroatoms. The number of rotatable bonds is 1. The molecular formula is C12H15ClN2OS. The Morgan fingerprint density at radius 2 is 1.94 bits per heavy atom. The molecule has 0 N–H and O–H groups in total. The number of hydrogen-bond acceptors (Lipinski definition) is 3. The Kier molecular flexibility index (Phi) is 3.97. The lowest BCUT2D eigenvalue weighted by Gasteiger charge is -2.32. The topological polar surface area (TPSA) is 23.6 Å². The summed E-state index contributed by atoms with van der Waals surface area (Å²) in [5.41, 5.74) is 0.545. The van der Waals surface area contributed by atoms with Crippen LogP contribution in [-0.2, 0) is 0 Å². The number of thiol groups is 1. The summed E-state index contributed by atoms with van der Waals surface area (Å²) in [6, 6.07) is 5.23. The molecule has 2 rings (SSSR count). The van der Waals surface area contributed by atoms with Crippen molar-refractivity contribution in [3.05, 3.63) is 28.8 Å². The summed E-state index contributed by atoms with van der Waals surface area (Å²) in [6.07, 6.45) is 0. The van der Waals surface area contributed by atoms with Gasteiger partial charge in [0.25, 0.3) is 5.91 Å². The summed E-state index contributed by atoms with van der Waals surface area (Å²) in [7, 11) is 2.06. The highest BCUT2D eigenvalue weighted by Gasteiger charge is 2.22. The highest BCUT2D eigenvalue weighted by molar-refractivity contribution is 7.80. The second kappa shape index (κ2) is 5.29. The maximum absolute atomic E-state index is 12.3. The van der Waals surface area contributed by atoms with E-state index in [1.165, 1.54) is 0 Å².